The van der Waals surface area contributed by atoms with Gasteiger partial charge < -0.3 is 4.90 Å². The number of amides is 1. The molecule has 1 atom stereocenters. The molecule has 0 saturated carbocycles. The summed E-state index contributed by atoms with van der Waals surface area (Å²) in [4.78, 5) is 16.3. The molecule has 0 spiro atoms. The molecule has 2 heterocycles. The highest BCUT2D eigenvalue weighted by atomic mass is 16.2. The Morgan fingerprint density at radius 3 is 3.38 bits per heavy atom. The van der Waals surface area contributed by atoms with E-state index in [0.29, 0.717) is 0 Å². The molecule has 3 heteroatoms. The van der Waals surface area contributed by atoms with Crippen molar-refractivity contribution in [2.24, 2.45) is 0 Å². The second kappa shape index (κ2) is 3.17. The molecule has 1 aliphatic rings. The van der Waals surface area contributed by atoms with Crippen LogP contribution in [-0.4, -0.2) is 22.8 Å². The summed E-state index contributed by atoms with van der Waals surface area (Å²) >= 11 is 0. The topological polar surface area (TPSA) is 33.2 Å². The minimum absolute atomic E-state index is 0.112. The summed E-state index contributed by atoms with van der Waals surface area (Å²) in [7, 11) is 1.40. The Kier molecular flexibility index (Phi) is 0.920. The third-order valence-corrected chi connectivity index (χ3v) is 1.99. The van der Waals surface area contributed by atoms with Gasteiger partial charge >= 0.3 is 0 Å². The summed E-state index contributed by atoms with van der Waals surface area (Å²) in [6.07, 6.45) is -3.18. The minimum Gasteiger partial charge on any atom is -0.339 e. The van der Waals surface area contributed by atoms with Crippen molar-refractivity contribution in [1.29, 1.82) is 0 Å². The van der Waals surface area contributed by atoms with Gasteiger partial charge in [-0.15, -0.1) is 0 Å². The van der Waals surface area contributed by atoms with Gasteiger partial charge in [0.15, 0.2) is 0 Å². The fraction of sp³-hybridized carbons (Fsp3) is 0.400. The first kappa shape index (κ1) is 3.78. The number of pyridine rings is 1. The molecule has 0 bridgehead atoms. The number of likely N-dealkylation sites (tertiary alicyclic amines) is 1. The fourth-order valence-corrected chi connectivity index (χ4v) is 1.25. The SMILES string of the molecule is [2H]c1nc([2H])c([C@H]2N(C)C(=O)CC2([2H])[2H])c([2H])c1[2H]. The molecule has 2 rings (SSSR count). The van der Waals surface area contributed by atoms with Crippen molar-refractivity contribution >= 4 is 5.91 Å². The zero-order valence-electron chi connectivity index (χ0n) is 13.1. The van der Waals surface area contributed by atoms with Crippen LogP contribution in [0.1, 0.15) is 32.6 Å². The Bertz CT molecular complexity index is 561. The van der Waals surface area contributed by atoms with Gasteiger partial charge in [0.1, 0.15) is 0 Å². The van der Waals surface area contributed by atoms with Crippen molar-refractivity contribution < 1.29 is 13.0 Å². The van der Waals surface area contributed by atoms with Crippen molar-refractivity contribution in [2.45, 2.75) is 18.8 Å². The van der Waals surface area contributed by atoms with Gasteiger partial charge in [-0.25, -0.2) is 0 Å². The van der Waals surface area contributed by atoms with Gasteiger partial charge in [0.25, 0.3) is 0 Å². The lowest BCUT2D eigenvalue weighted by Gasteiger charge is -2.19. The normalized spacial score (nSPS) is 32.8. The highest BCUT2D eigenvalue weighted by Gasteiger charge is 2.28. The van der Waals surface area contributed by atoms with Gasteiger partial charge in [0.05, 0.1) is 11.5 Å². The van der Waals surface area contributed by atoms with Crippen LogP contribution in [0.4, 0.5) is 0 Å². The van der Waals surface area contributed by atoms with E-state index in [1.807, 2.05) is 0 Å². The molecule has 0 unspecified atom stereocenters. The van der Waals surface area contributed by atoms with E-state index < -0.39 is 42.8 Å². The molecule has 1 aromatic rings. The van der Waals surface area contributed by atoms with E-state index in [2.05, 4.69) is 4.98 Å². The fourth-order valence-electron chi connectivity index (χ4n) is 1.25. The number of carbonyl (C=O) groups excluding carboxylic acids is 1. The van der Waals surface area contributed by atoms with Crippen molar-refractivity contribution in [2.75, 3.05) is 7.05 Å². The number of hydrogen-bond donors (Lipinski definition) is 0. The molecule has 1 aromatic heterocycles. The van der Waals surface area contributed by atoms with E-state index in [0.717, 1.165) is 4.90 Å². The quantitative estimate of drug-likeness (QED) is 0.657. The largest absolute Gasteiger partial charge is 0.339 e. The first-order valence-electron chi connectivity index (χ1n) is 6.86. The Morgan fingerprint density at radius 2 is 2.69 bits per heavy atom. The first-order chi connectivity index (χ1) is 8.66. The molecule has 0 aromatic carbocycles. The predicted octanol–water partition coefficient (Wildman–Crippen LogP) is 1.37. The van der Waals surface area contributed by atoms with Crippen LogP contribution in [0.2, 0.25) is 0 Å². The van der Waals surface area contributed by atoms with Crippen LogP contribution < -0.4 is 0 Å². The van der Waals surface area contributed by atoms with Gasteiger partial charge in [-0.2, -0.15) is 0 Å². The molecule has 1 amide bonds. The first-order valence-corrected chi connectivity index (χ1v) is 3.86. The standard InChI is InChI=1S/C10H12N2O/c1-12-9(4-5-10(12)13)8-3-2-6-11-7-8/h2-3,6-7,9H,4-5H2,1H3/t9-/m0/s1/i2D,3D,4D2,6D,7D. The Hall–Kier alpha value is -1.38. The van der Waals surface area contributed by atoms with E-state index in [9.17, 15) is 4.79 Å². The summed E-state index contributed by atoms with van der Waals surface area (Å²) in [6, 6.07) is -1.99. The number of carbonyl (C=O) groups is 1. The lowest BCUT2D eigenvalue weighted by Crippen LogP contribution is -2.22. The van der Waals surface area contributed by atoms with E-state index >= 15 is 0 Å². The average Bonchev–Trinajstić information content (AvgIpc) is 2.48. The second-order valence-electron chi connectivity index (χ2n) is 2.79. The highest BCUT2D eigenvalue weighted by Crippen LogP contribution is 2.30. The molecule has 0 aliphatic carbocycles. The smallest absolute Gasteiger partial charge is 0.222 e. The van der Waals surface area contributed by atoms with Crippen LogP contribution in [0.5, 0.6) is 0 Å². The summed E-state index contributed by atoms with van der Waals surface area (Å²) in [6.45, 7) is 0. The van der Waals surface area contributed by atoms with Gasteiger partial charge in [-0.05, 0) is 18.0 Å². The van der Waals surface area contributed by atoms with Gasteiger partial charge in [-0.3, -0.25) is 9.78 Å². The molecule has 1 saturated heterocycles. The third-order valence-electron chi connectivity index (χ3n) is 1.99. The number of aromatic nitrogens is 1. The summed E-state index contributed by atoms with van der Waals surface area (Å²) < 4.78 is 46.1. The van der Waals surface area contributed by atoms with Gasteiger partial charge in [0, 0.05) is 28.6 Å². The molecule has 1 fully saturated rings. The Labute approximate surface area is 85.8 Å². The zero-order valence-corrected chi connectivity index (χ0v) is 7.09. The van der Waals surface area contributed by atoms with Crippen LogP contribution in [0, 0.1) is 0 Å². The van der Waals surface area contributed by atoms with E-state index in [4.69, 9.17) is 8.22 Å². The molecule has 1 aliphatic heterocycles. The Balaban J connectivity index is 2.65. The number of rotatable bonds is 1. The maximum Gasteiger partial charge on any atom is 0.222 e. The minimum atomic E-state index is -1.92. The monoisotopic (exact) mass is 182 g/mol. The average molecular weight is 182 g/mol. The third kappa shape index (κ3) is 1.41. The van der Waals surface area contributed by atoms with E-state index in [1.54, 1.807) is 0 Å². The molecule has 13 heavy (non-hydrogen) atoms. The summed E-state index contributed by atoms with van der Waals surface area (Å²) in [5.74, 6) is -0.421. The maximum absolute atomic E-state index is 11.6. The predicted molar refractivity (Wildman–Crippen MR) is 49.0 cm³/mol. The van der Waals surface area contributed by atoms with Gasteiger partial charge in [0.2, 0.25) is 5.91 Å². The van der Waals surface area contributed by atoms with Crippen LogP contribution in [0.3, 0.4) is 0 Å². The van der Waals surface area contributed by atoms with Gasteiger partial charge in [-0.1, -0.05) is 6.04 Å². The van der Waals surface area contributed by atoms with Crippen molar-refractivity contribution in [3.63, 3.8) is 0 Å². The Morgan fingerprint density at radius 1 is 1.85 bits per heavy atom. The van der Waals surface area contributed by atoms with E-state index in [1.165, 1.54) is 7.05 Å². The molecule has 0 radical (unpaired) electrons. The van der Waals surface area contributed by atoms with Crippen LogP contribution in [0.25, 0.3) is 0 Å². The van der Waals surface area contributed by atoms with Crippen LogP contribution >= 0.6 is 0 Å². The zero-order chi connectivity index (χ0) is 14.5. The molecular formula is C10H12N2O. The lowest BCUT2D eigenvalue weighted by molar-refractivity contribution is -0.127. The molecular weight excluding hydrogens is 164 g/mol. The van der Waals surface area contributed by atoms with Crippen molar-refractivity contribution in [3.05, 3.63) is 30.0 Å². The number of hydrogen-bond acceptors (Lipinski definition) is 2. The van der Waals surface area contributed by atoms with E-state index in [-0.39, 0.29) is 12.0 Å². The summed E-state index contributed by atoms with van der Waals surface area (Å²) in [5.41, 5.74) is -0.112. The summed E-state index contributed by atoms with van der Waals surface area (Å²) in [5, 5.41) is 0. The molecule has 68 valence electrons. The highest BCUT2D eigenvalue weighted by molar-refractivity contribution is 5.78. The van der Waals surface area contributed by atoms with Crippen molar-refractivity contribution in [1.82, 2.24) is 9.88 Å². The second-order valence-corrected chi connectivity index (χ2v) is 2.79. The maximum atomic E-state index is 11.6. The number of nitrogens with zero attached hydrogens (tertiary/aromatic N) is 2. The van der Waals surface area contributed by atoms with Crippen LogP contribution in [-0.2, 0) is 4.79 Å². The lowest BCUT2D eigenvalue weighted by atomic mass is 10.1. The molecule has 0 N–H and O–H groups in total. The molecule has 3 nitrogen and oxygen atoms in total. The van der Waals surface area contributed by atoms with Crippen LogP contribution in [0.15, 0.2) is 24.4 Å². The van der Waals surface area contributed by atoms with Crippen molar-refractivity contribution in [3.8, 4) is 0 Å².